The molecule has 1 aromatic carbocycles. The van der Waals surface area contributed by atoms with E-state index in [4.69, 9.17) is 0 Å². The summed E-state index contributed by atoms with van der Waals surface area (Å²) in [6, 6.07) is 12.1. The number of nitrogens with zero attached hydrogens (tertiary/aromatic N) is 2. The lowest BCUT2D eigenvalue weighted by molar-refractivity contribution is 0.103. The zero-order chi connectivity index (χ0) is 17.1. The fraction of sp³-hybridized carbons (Fsp3) is 0.263. The van der Waals surface area contributed by atoms with E-state index >= 15 is 0 Å². The van der Waals surface area contributed by atoms with Gasteiger partial charge < -0.3 is 10.2 Å². The van der Waals surface area contributed by atoms with E-state index in [2.05, 4.69) is 21.3 Å². The maximum atomic E-state index is 12.7. The van der Waals surface area contributed by atoms with Gasteiger partial charge in [-0.15, -0.1) is 22.7 Å². The molecule has 0 unspecified atom stereocenters. The van der Waals surface area contributed by atoms with Crippen molar-refractivity contribution in [2.24, 2.45) is 0 Å². The Morgan fingerprint density at radius 3 is 2.72 bits per heavy atom. The fourth-order valence-corrected chi connectivity index (χ4v) is 4.68. The minimum atomic E-state index is -0.0928. The van der Waals surface area contributed by atoms with Crippen molar-refractivity contribution in [3.63, 3.8) is 0 Å². The topological polar surface area (TPSA) is 45.2 Å². The van der Waals surface area contributed by atoms with E-state index in [-0.39, 0.29) is 5.91 Å². The number of rotatable bonds is 4. The van der Waals surface area contributed by atoms with E-state index < -0.39 is 0 Å². The monoisotopic (exact) mass is 369 g/mol. The van der Waals surface area contributed by atoms with E-state index in [0.717, 1.165) is 34.3 Å². The number of anilines is 2. The van der Waals surface area contributed by atoms with Gasteiger partial charge in [0, 0.05) is 13.1 Å². The zero-order valence-electron chi connectivity index (χ0n) is 13.8. The first-order valence-corrected chi connectivity index (χ1v) is 10.2. The highest BCUT2D eigenvalue weighted by Gasteiger charge is 2.17. The summed E-state index contributed by atoms with van der Waals surface area (Å²) in [5.74, 6) is -0.0928. The van der Waals surface area contributed by atoms with Crippen LogP contribution in [0.3, 0.4) is 0 Å². The molecule has 0 radical (unpaired) electrons. The standard InChI is InChI=1S/C19H19N3OS2/c23-18(17-13-20-19(25-17)16-9-6-12-24-16)21-14-7-2-3-8-15(14)22-10-4-1-5-11-22/h2-3,6-9,12-13H,1,4-5,10-11H2,(H,21,23). The van der Waals surface area contributed by atoms with E-state index in [0.29, 0.717) is 4.88 Å². The first-order valence-electron chi connectivity index (χ1n) is 8.46. The molecule has 0 atom stereocenters. The Bertz CT molecular complexity index is 851. The van der Waals surface area contributed by atoms with Crippen LogP contribution in [0.15, 0.2) is 48.0 Å². The van der Waals surface area contributed by atoms with Crippen molar-refractivity contribution >= 4 is 40.0 Å². The average molecular weight is 370 g/mol. The summed E-state index contributed by atoms with van der Waals surface area (Å²) in [6.45, 7) is 2.10. The van der Waals surface area contributed by atoms with Gasteiger partial charge in [-0.25, -0.2) is 4.98 Å². The van der Waals surface area contributed by atoms with Crippen molar-refractivity contribution in [1.29, 1.82) is 0 Å². The molecule has 1 aliphatic rings. The van der Waals surface area contributed by atoms with Crippen molar-refractivity contribution in [3.8, 4) is 9.88 Å². The largest absolute Gasteiger partial charge is 0.370 e. The van der Waals surface area contributed by atoms with Crippen molar-refractivity contribution < 1.29 is 4.79 Å². The third-order valence-corrected chi connectivity index (χ3v) is 6.35. The summed E-state index contributed by atoms with van der Waals surface area (Å²) in [7, 11) is 0. The van der Waals surface area contributed by atoms with Crippen molar-refractivity contribution in [1.82, 2.24) is 4.98 Å². The van der Waals surface area contributed by atoms with Crippen molar-refractivity contribution in [2.75, 3.05) is 23.3 Å². The number of carbonyl (C=O) groups excluding carboxylic acids is 1. The van der Waals surface area contributed by atoms with Crippen LogP contribution in [0.25, 0.3) is 9.88 Å². The number of carbonyl (C=O) groups is 1. The lowest BCUT2D eigenvalue weighted by Gasteiger charge is -2.30. The van der Waals surface area contributed by atoms with E-state index in [1.54, 1.807) is 17.5 Å². The molecular weight excluding hydrogens is 350 g/mol. The minimum absolute atomic E-state index is 0.0928. The molecule has 2 aromatic heterocycles. The minimum Gasteiger partial charge on any atom is -0.370 e. The summed E-state index contributed by atoms with van der Waals surface area (Å²) in [5.41, 5.74) is 1.99. The van der Waals surface area contributed by atoms with Gasteiger partial charge in [-0.1, -0.05) is 18.2 Å². The van der Waals surface area contributed by atoms with Gasteiger partial charge in [0.05, 0.1) is 22.4 Å². The second-order valence-corrected chi connectivity index (χ2v) is 8.00. The predicted molar refractivity (Wildman–Crippen MR) is 106 cm³/mol. The van der Waals surface area contributed by atoms with E-state index in [1.165, 1.54) is 30.6 Å². The number of aromatic nitrogens is 1. The molecule has 3 aromatic rings. The third-order valence-electron chi connectivity index (χ3n) is 4.31. The Morgan fingerprint density at radius 1 is 1.08 bits per heavy atom. The van der Waals surface area contributed by atoms with Crippen LogP contribution in [0.4, 0.5) is 11.4 Å². The Morgan fingerprint density at radius 2 is 1.92 bits per heavy atom. The van der Waals surface area contributed by atoms with Crippen molar-refractivity contribution in [2.45, 2.75) is 19.3 Å². The van der Waals surface area contributed by atoms with Gasteiger partial charge in [-0.05, 0) is 42.8 Å². The molecule has 128 valence electrons. The first kappa shape index (κ1) is 16.3. The molecule has 1 N–H and O–H groups in total. The van der Waals surface area contributed by atoms with Crippen LogP contribution in [0.2, 0.25) is 0 Å². The number of amides is 1. The lowest BCUT2D eigenvalue weighted by atomic mass is 10.1. The maximum absolute atomic E-state index is 12.7. The second kappa shape index (κ2) is 7.37. The summed E-state index contributed by atoms with van der Waals surface area (Å²) < 4.78 is 0. The van der Waals surface area contributed by atoms with Gasteiger partial charge in [0.15, 0.2) is 0 Å². The molecule has 0 bridgehead atoms. The number of benzene rings is 1. The summed E-state index contributed by atoms with van der Waals surface area (Å²) in [5, 5.41) is 5.99. The van der Waals surface area contributed by atoms with Gasteiger partial charge in [0.1, 0.15) is 9.88 Å². The molecule has 1 amide bonds. The van der Waals surface area contributed by atoms with Crippen molar-refractivity contribution in [3.05, 3.63) is 52.9 Å². The highest BCUT2D eigenvalue weighted by molar-refractivity contribution is 7.22. The Labute approximate surface area is 155 Å². The first-order chi connectivity index (χ1) is 12.3. The second-order valence-electron chi connectivity index (χ2n) is 6.03. The molecule has 6 heteroatoms. The smallest absolute Gasteiger partial charge is 0.267 e. The molecule has 4 rings (SSSR count). The Hall–Kier alpha value is -2.18. The predicted octanol–water partition coefficient (Wildman–Crippen LogP) is 5.11. The molecule has 4 nitrogen and oxygen atoms in total. The third kappa shape index (κ3) is 3.60. The van der Waals surface area contributed by atoms with E-state index in [1.807, 2.05) is 35.7 Å². The number of piperidine rings is 1. The highest BCUT2D eigenvalue weighted by atomic mass is 32.1. The van der Waals surface area contributed by atoms with Crippen LogP contribution in [0.1, 0.15) is 28.9 Å². The molecule has 1 aliphatic heterocycles. The van der Waals surface area contributed by atoms with Crippen LogP contribution in [0, 0.1) is 0 Å². The van der Waals surface area contributed by atoms with Crippen LogP contribution in [-0.2, 0) is 0 Å². The van der Waals surface area contributed by atoms with Crippen LogP contribution in [-0.4, -0.2) is 24.0 Å². The zero-order valence-corrected chi connectivity index (χ0v) is 15.4. The van der Waals surface area contributed by atoms with Crippen LogP contribution in [0.5, 0.6) is 0 Å². The Kier molecular flexibility index (Phi) is 4.81. The molecule has 3 heterocycles. The summed E-state index contributed by atoms with van der Waals surface area (Å²) in [4.78, 5) is 21.2. The number of hydrogen-bond donors (Lipinski definition) is 1. The number of thiazole rings is 1. The number of para-hydroxylation sites is 2. The number of nitrogens with one attached hydrogen (secondary N) is 1. The SMILES string of the molecule is O=C(Nc1ccccc1N1CCCCC1)c1cnc(-c2cccs2)s1. The molecule has 0 spiro atoms. The summed E-state index contributed by atoms with van der Waals surface area (Å²) >= 11 is 3.07. The molecule has 25 heavy (non-hydrogen) atoms. The van der Waals surface area contributed by atoms with Gasteiger partial charge in [0.25, 0.3) is 5.91 Å². The normalized spacial score (nSPS) is 14.5. The Balaban J connectivity index is 1.53. The molecule has 1 saturated heterocycles. The molecule has 1 fully saturated rings. The van der Waals surface area contributed by atoms with E-state index in [9.17, 15) is 4.79 Å². The van der Waals surface area contributed by atoms with Gasteiger partial charge in [0.2, 0.25) is 0 Å². The highest BCUT2D eigenvalue weighted by Crippen LogP contribution is 2.31. The van der Waals surface area contributed by atoms with Gasteiger partial charge in [-0.2, -0.15) is 0 Å². The van der Waals surface area contributed by atoms with Crippen LogP contribution >= 0.6 is 22.7 Å². The molecule has 0 aliphatic carbocycles. The average Bonchev–Trinajstić information content (AvgIpc) is 3.34. The molecule has 0 saturated carbocycles. The van der Waals surface area contributed by atoms with Crippen LogP contribution < -0.4 is 10.2 Å². The number of thiophene rings is 1. The number of hydrogen-bond acceptors (Lipinski definition) is 5. The van der Waals surface area contributed by atoms with Gasteiger partial charge in [-0.3, -0.25) is 4.79 Å². The quantitative estimate of drug-likeness (QED) is 0.695. The fourth-order valence-electron chi connectivity index (χ4n) is 3.07. The maximum Gasteiger partial charge on any atom is 0.267 e. The van der Waals surface area contributed by atoms with Gasteiger partial charge >= 0.3 is 0 Å². The lowest BCUT2D eigenvalue weighted by Crippen LogP contribution is -2.30. The summed E-state index contributed by atoms with van der Waals surface area (Å²) in [6.07, 6.45) is 5.37. The molecular formula is C19H19N3OS2.